The van der Waals surface area contributed by atoms with Crippen LogP contribution >= 0.6 is 0 Å². The fourth-order valence-electron chi connectivity index (χ4n) is 9.31. The smallest absolute Gasteiger partial charge is 0.158 e. The molecular weight excluding hydrogens is 797 g/mol. The first-order valence-corrected chi connectivity index (χ1v) is 23.5. The monoisotopic (exact) mass is 885 g/mol. The second-order valence-electron chi connectivity index (χ2n) is 22.6. The predicted octanol–water partition coefficient (Wildman–Crippen LogP) is 7.20. The molecule has 4 rings (SSSR count). The van der Waals surface area contributed by atoms with Crippen molar-refractivity contribution in [3.8, 4) is 0 Å². The van der Waals surface area contributed by atoms with E-state index < -0.39 is 45.3 Å². The maximum absolute atomic E-state index is 12.2. The van der Waals surface area contributed by atoms with Crippen molar-refractivity contribution < 1.29 is 62.1 Å². The van der Waals surface area contributed by atoms with Crippen molar-refractivity contribution in [3.05, 3.63) is 0 Å². The number of rotatable bonds is 24. The number of ketones is 2. The summed E-state index contributed by atoms with van der Waals surface area (Å²) >= 11 is 0. The topological polar surface area (TPSA) is 147 Å². The summed E-state index contributed by atoms with van der Waals surface area (Å²) in [5.74, 6) is 0.552. The number of hydrogen-bond acceptors (Lipinski definition) is 13. The van der Waals surface area contributed by atoms with E-state index in [-0.39, 0.29) is 41.2 Å². The highest BCUT2D eigenvalue weighted by molar-refractivity contribution is 5.80. The van der Waals surface area contributed by atoms with E-state index in [9.17, 15) is 14.7 Å². The molecule has 0 aliphatic carbocycles. The van der Waals surface area contributed by atoms with Crippen LogP contribution in [-0.2, 0) is 57.0 Å². The van der Waals surface area contributed by atoms with E-state index in [4.69, 9.17) is 47.4 Å². The van der Waals surface area contributed by atoms with Gasteiger partial charge in [-0.05, 0) is 108 Å². The van der Waals surface area contributed by atoms with E-state index >= 15 is 0 Å². The van der Waals surface area contributed by atoms with Crippen LogP contribution in [0, 0.1) is 33.5 Å². The molecule has 1 N–H and O–H groups in total. The molecule has 4 fully saturated rings. The molecule has 0 spiro atoms. The third-order valence-corrected chi connectivity index (χ3v) is 15.3. The summed E-state index contributed by atoms with van der Waals surface area (Å²) < 4.78 is 63.2. The molecule has 0 amide bonds. The first-order valence-electron chi connectivity index (χ1n) is 23.5. The molecular formula is C49H88O13. The minimum Gasteiger partial charge on any atom is -0.396 e. The van der Waals surface area contributed by atoms with Gasteiger partial charge in [-0.2, -0.15) is 0 Å². The zero-order chi connectivity index (χ0) is 46.3. The number of aliphatic hydroxyl groups is 1. The fraction of sp³-hybridized carbons (Fsp3) is 0.959. The van der Waals surface area contributed by atoms with Crippen molar-refractivity contribution >= 4 is 11.6 Å². The van der Waals surface area contributed by atoms with Crippen LogP contribution in [-0.4, -0.2) is 150 Å². The Morgan fingerprint density at radius 1 is 0.532 bits per heavy atom. The van der Waals surface area contributed by atoms with Crippen LogP contribution in [0.25, 0.3) is 0 Å². The summed E-state index contributed by atoms with van der Waals surface area (Å²) in [4.78, 5) is 24.1. The second-order valence-corrected chi connectivity index (χ2v) is 22.6. The van der Waals surface area contributed by atoms with Gasteiger partial charge in [-0.1, -0.05) is 27.7 Å². The van der Waals surface area contributed by atoms with Crippen molar-refractivity contribution in [2.24, 2.45) is 33.5 Å². The van der Waals surface area contributed by atoms with E-state index in [1.165, 1.54) is 6.92 Å². The van der Waals surface area contributed by atoms with Gasteiger partial charge in [-0.15, -0.1) is 0 Å². The lowest BCUT2D eigenvalue weighted by Gasteiger charge is -2.55. The van der Waals surface area contributed by atoms with Gasteiger partial charge >= 0.3 is 0 Å². The SMILES string of the molecule is CC(=O)C(C)OCC1(C)C[C@](C)(COC[C@H]2CC[C@](C)(COC[C@]3(C)CO[C@@](C)(COC[C@H]4CC[C@](C)(COC(C)C)OC4)CC3(C)COC(C)C(C)=O)OC2)OC[C@@]1(C)CO. The molecule has 0 saturated carbocycles. The fourth-order valence-corrected chi connectivity index (χ4v) is 9.31. The number of carbonyl (C=O) groups excluding carboxylic acids is 2. The van der Waals surface area contributed by atoms with Gasteiger partial charge in [-0.3, -0.25) is 9.59 Å². The van der Waals surface area contributed by atoms with Crippen molar-refractivity contribution in [2.45, 2.75) is 176 Å². The molecule has 4 aliphatic rings. The van der Waals surface area contributed by atoms with E-state index in [1.807, 2.05) is 27.7 Å². The highest BCUT2D eigenvalue weighted by Crippen LogP contribution is 2.52. The molecule has 0 aromatic heterocycles. The number of ether oxygens (including phenoxy) is 10. The summed E-state index contributed by atoms with van der Waals surface area (Å²) in [6.45, 7) is 34.1. The number of Topliss-reactive ketones (excluding diaryl/α,β-unsaturated/α-hetero) is 2. The Morgan fingerprint density at radius 2 is 0.952 bits per heavy atom. The van der Waals surface area contributed by atoms with Gasteiger partial charge in [0.1, 0.15) is 12.2 Å². The van der Waals surface area contributed by atoms with Gasteiger partial charge < -0.3 is 52.5 Å². The van der Waals surface area contributed by atoms with Crippen molar-refractivity contribution in [2.75, 3.05) is 92.5 Å². The Bertz CT molecular complexity index is 1430. The molecule has 0 bridgehead atoms. The van der Waals surface area contributed by atoms with Gasteiger partial charge in [-0.25, -0.2) is 0 Å². The maximum atomic E-state index is 12.2. The third kappa shape index (κ3) is 14.2. The highest BCUT2D eigenvalue weighted by Gasteiger charge is 2.56. The molecule has 4 unspecified atom stereocenters. The minimum atomic E-state index is -0.562. The van der Waals surface area contributed by atoms with E-state index in [0.29, 0.717) is 105 Å². The van der Waals surface area contributed by atoms with E-state index in [0.717, 1.165) is 25.7 Å². The summed E-state index contributed by atoms with van der Waals surface area (Å²) in [5.41, 5.74) is -3.48. The van der Waals surface area contributed by atoms with Gasteiger partial charge in [0.15, 0.2) is 11.6 Å². The van der Waals surface area contributed by atoms with Crippen LogP contribution in [0.1, 0.15) is 135 Å². The van der Waals surface area contributed by atoms with E-state index in [1.54, 1.807) is 13.8 Å². The van der Waals surface area contributed by atoms with Crippen LogP contribution in [0.2, 0.25) is 0 Å². The quantitative estimate of drug-likeness (QED) is 0.104. The Hall–Kier alpha value is -1.10. The van der Waals surface area contributed by atoms with Gasteiger partial charge in [0.05, 0.1) is 121 Å². The summed E-state index contributed by atoms with van der Waals surface area (Å²) in [6, 6.07) is 0. The summed E-state index contributed by atoms with van der Waals surface area (Å²) in [7, 11) is 0. The zero-order valence-electron chi connectivity index (χ0n) is 41.4. The van der Waals surface area contributed by atoms with Gasteiger partial charge in [0.2, 0.25) is 0 Å². The molecule has 362 valence electrons. The van der Waals surface area contributed by atoms with Crippen LogP contribution in [0.4, 0.5) is 0 Å². The number of carbonyl (C=O) groups is 2. The number of aliphatic hydroxyl groups excluding tert-OH is 1. The molecule has 4 saturated heterocycles. The molecule has 12 atom stereocenters. The molecule has 4 aliphatic heterocycles. The molecule has 4 heterocycles. The van der Waals surface area contributed by atoms with Crippen molar-refractivity contribution in [3.63, 3.8) is 0 Å². The standard InChI is InChI=1S/C49H88O13/c1-35(2)56-34-47(12)18-16-41(22-60-47)20-54-33-49(14)24-43(8,28-58-39(6)37(4)52)45(10,30-62-49)26-55-31-46(11)17-15-40(21-59-46)19-53-32-48(13)23-42(7,27-57-38(5)36(3)51)44(9,25-50)29-61-48/h35,38-41,50H,15-34H2,1-14H3/t38?,39?,40-,41-,42?,43?,44-,45-,46-,47-,48-,49-/m1/s1. The summed E-state index contributed by atoms with van der Waals surface area (Å²) in [5, 5.41) is 10.4. The largest absolute Gasteiger partial charge is 0.396 e. The Kier molecular flexibility index (Phi) is 18.7. The van der Waals surface area contributed by atoms with Crippen LogP contribution in [0.3, 0.4) is 0 Å². The second kappa shape index (κ2) is 21.7. The van der Waals surface area contributed by atoms with E-state index in [2.05, 4.69) is 48.5 Å². The van der Waals surface area contributed by atoms with Crippen molar-refractivity contribution in [1.82, 2.24) is 0 Å². The molecule has 0 aromatic rings. The first kappa shape index (κ1) is 53.5. The molecule has 62 heavy (non-hydrogen) atoms. The molecule has 13 heteroatoms. The van der Waals surface area contributed by atoms with Crippen LogP contribution < -0.4 is 0 Å². The first-order chi connectivity index (χ1) is 28.7. The van der Waals surface area contributed by atoms with Crippen LogP contribution in [0.5, 0.6) is 0 Å². The molecule has 13 nitrogen and oxygen atoms in total. The lowest BCUT2D eigenvalue weighted by Crippen LogP contribution is -2.59. The third-order valence-electron chi connectivity index (χ3n) is 15.3. The Labute approximate surface area is 374 Å². The number of hydrogen-bond donors (Lipinski definition) is 1. The normalized spacial score (nSPS) is 40.3. The average molecular weight is 885 g/mol. The summed E-state index contributed by atoms with van der Waals surface area (Å²) in [6.07, 6.45) is 4.23. The molecule has 0 radical (unpaired) electrons. The lowest BCUT2D eigenvalue weighted by atomic mass is 9.60. The Morgan fingerprint density at radius 3 is 1.35 bits per heavy atom. The highest BCUT2D eigenvalue weighted by atomic mass is 16.6. The van der Waals surface area contributed by atoms with Gasteiger partial charge in [0.25, 0.3) is 0 Å². The lowest BCUT2D eigenvalue weighted by molar-refractivity contribution is -0.240. The predicted molar refractivity (Wildman–Crippen MR) is 237 cm³/mol. The molecule has 0 aromatic carbocycles. The Balaban J connectivity index is 1.25. The van der Waals surface area contributed by atoms with Crippen LogP contribution in [0.15, 0.2) is 0 Å². The zero-order valence-corrected chi connectivity index (χ0v) is 41.4. The maximum Gasteiger partial charge on any atom is 0.158 e. The van der Waals surface area contributed by atoms with Gasteiger partial charge in [0, 0.05) is 33.5 Å². The average Bonchev–Trinajstić information content (AvgIpc) is 3.20. The minimum absolute atomic E-state index is 0.00437. The van der Waals surface area contributed by atoms with Crippen molar-refractivity contribution in [1.29, 1.82) is 0 Å².